The number of hydrogen-bond donors (Lipinski definition) is 2. The topological polar surface area (TPSA) is 107 Å². The third-order valence-corrected chi connectivity index (χ3v) is 4.49. The molecule has 1 aliphatic rings. The molecule has 4 aromatic rings. The molecule has 0 saturated heterocycles. The zero-order chi connectivity index (χ0) is 20.5. The SMILES string of the molecule is O=C(Nc1ncn(Cc2cccc(F)c2)n1)c1cc(-c2ccc3c(c2)OCO3)n[nH]1. The molecule has 0 spiro atoms. The summed E-state index contributed by atoms with van der Waals surface area (Å²) in [7, 11) is 0. The summed E-state index contributed by atoms with van der Waals surface area (Å²) in [6.45, 7) is 0.519. The van der Waals surface area contributed by atoms with Crippen LogP contribution in [0.1, 0.15) is 16.1 Å². The first kappa shape index (κ1) is 17.9. The number of amides is 1. The van der Waals surface area contributed by atoms with E-state index in [-0.39, 0.29) is 24.3 Å². The van der Waals surface area contributed by atoms with Crippen LogP contribution in [0.5, 0.6) is 11.5 Å². The van der Waals surface area contributed by atoms with Gasteiger partial charge in [0.15, 0.2) is 11.5 Å². The van der Waals surface area contributed by atoms with Crippen LogP contribution in [-0.2, 0) is 6.54 Å². The van der Waals surface area contributed by atoms with E-state index in [9.17, 15) is 9.18 Å². The molecule has 0 aliphatic carbocycles. The lowest BCUT2D eigenvalue weighted by Gasteiger charge is -2.01. The Morgan fingerprint density at radius 1 is 1.17 bits per heavy atom. The van der Waals surface area contributed by atoms with Crippen molar-refractivity contribution < 1.29 is 18.7 Å². The summed E-state index contributed by atoms with van der Waals surface area (Å²) < 4.78 is 25.5. The van der Waals surface area contributed by atoms with E-state index < -0.39 is 5.91 Å². The predicted molar refractivity (Wildman–Crippen MR) is 104 cm³/mol. The second kappa shape index (κ2) is 7.32. The second-order valence-electron chi connectivity index (χ2n) is 6.58. The van der Waals surface area contributed by atoms with Crippen molar-refractivity contribution in [3.05, 3.63) is 71.9 Å². The van der Waals surface area contributed by atoms with Gasteiger partial charge in [-0.2, -0.15) is 5.10 Å². The van der Waals surface area contributed by atoms with E-state index in [0.717, 1.165) is 11.1 Å². The number of benzene rings is 2. The zero-order valence-electron chi connectivity index (χ0n) is 15.5. The minimum Gasteiger partial charge on any atom is -0.454 e. The summed E-state index contributed by atoms with van der Waals surface area (Å²) in [5.41, 5.74) is 2.36. The Hall–Kier alpha value is -4.21. The van der Waals surface area contributed by atoms with Gasteiger partial charge >= 0.3 is 0 Å². The molecule has 1 amide bonds. The molecule has 10 heteroatoms. The number of fused-ring (bicyclic) bond motifs is 1. The third-order valence-electron chi connectivity index (χ3n) is 4.49. The largest absolute Gasteiger partial charge is 0.454 e. The van der Waals surface area contributed by atoms with E-state index in [2.05, 4.69) is 25.6 Å². The summed E-state index contributed by atoms with van der Waals surface area (Å²) in [6, 6.07) is 13.3. The molecule has 30 heavy (non-hydrogen) atoms. The molecule has 0 fully saturated rings. The maximum atomic E-state index is 13.3. The van der Waals surface area contributed by atoms with Crippen molar-refractivity contribution in [2.75, 3.05) is 12.1 Å². The molecule has 0 unspecified atom stereocenters. The molecule has 5 rings (SSSR count). The molecular weight excluding hydrogens is 391 g/mol. The molecule has 0 radical (unpaired) electrons. The van der Waals surface area contributed by atoms with Crippen molar-refractivity contribution >= 4 is 11.9 Å². The van der Waals surface area contributed by atoms with E-state index >= 15 is 0 Å². The first-order valence-electron chi connectivity index (χ1n) is 9.05. The number of carbonyl (C=O) groups is 1. The molecule has 0 saturated carbocycles. The van der Waals surface area contributed by atoms with Crippen molar-refractivity contribution in [2.45, 2.75) is 6.54 Å². The Morgan fingerprint density at radius 3 is 2.97 bits per heavy atom. The van der Waals surface area contributed by atoms with Gasteiger partial charge in [-0.3, -0.25) is 15.2 Å². The van der Waals surface area contributed by atoms with Crippen LogP contribution in [0.25, 0.3) is 11.3 Å². The molecule has 3 heterocycles. The van der Waals surface area contributed by atoms with Crippen LogP contribution < -0.4 is 14.8 Å². The molecule has 2 aromatic carbocycles. The lowest BCUT2D eigenvalue weighted by Crippen LogP contribution is -2.14. The highest BCUT2D eigenvalue weighted by atomic mass is 19.1. The van der Waals surface area contributed by atoms with E-state index in [4.69, 9.17) is 9.47 Å². The number of ether oxygens (including phenoxy) is 2. The summed E-state index contributed by atoms with van der Waals surface area (Å²) in [6.07, 6.45) is 1.46. The van der Waals surface area contributed by atoms with Gasteiger partial charge in [-0.1, -0.05) is 12.1 Å². The normalized spacial score (nSPS) is 12.2. The first-order chi connectivity index (χ1) is 14.6. The van der Waals surface area contributed by atoms with Crippen LogP contribution in [0.15, 0.2) is 54.9 Å². The summed E-state index contributed by atoms with van der Waals surface area (Å²) in [4.78, 5) is 16.6. The zero-order valence-corrected chi connectivity index (χ0v) is 15.5. The van der Waals surface area contributed by atoms with E-state index in [1.54, 1.807) is 30.3 Å². The van der Waals surface area contributed by atoms with Crippen LogP contribution in [0.3, 0.4) is 0 Å². The predicted octanol–water partition coefficient (Wildman–Crippen LogP) is 2.84. The van der Waals surface area contributed by atoms with Crippen LogP contribution in [0.4, 0.5) is 10.3 Å². The van der Waals surface area contributed by atoms with Gasteiger partial charge in [0.1, 0.15) is 17.8 Å². The van der Waals surface area contributed by atoms with Crippen molar-refractivity contribution in [1.82, 2.24) is 25.0 Å². The van der Waals surface area contributed by atoms with Crippen LogP contribution in [-0.4, -0.2) is 37.7 Å². The molecule has 9 nitrogen and oxygen atoms in total. The summed E-state index contributed by atoms with van der Waals surface area (Å²) in [5.74, 6) is 0.689. The highest BCUT2D eigenvalue weighted by molar-refractivity contribution is 6.02. The Kier molecular flexibility index (Phi) is 4.36. The van der Waals surface area contributed by atoms with Gasteiger partial charge in [-0.15, -0.1) is 5.10 Å². The maximum absolute atomic E-state index is 13.3. The van der Waals surface area contributed by atoms with E-state index in [1.165, 1.54) is 23.1 Å². The molecule has 0 bridgehead atoms. The fourth-order valence-electron chi connectivity index (χ4n) is 3.06. The number of nitrogens with zero attached hydrogens (tertiary/aromatic N) is 4. The van der Waals surface area contributed by atoms with Crippen LogP contribution in [0.2, 0.25) is 0 Å². The fourth-order valence-corrected chi connectivity index (χ4v) is 3.06. The Morgan fingerprint density at radius 2 is 2.07 bits per heavy atom. The lowest BCUT2D eigenvalue weighted by atomic mass is 10.1. The lowest BCUT2D eigenvalue weighted by molar-refractivity contribution is 0.102. The van der Waals surface area contributed by atoms with Crippen LogP contribution >= 0.6 is 0 Å². The molecule has 1 aliphatic heterocycles. The van der Waals surface area contributed by atoms with Gasteiger partial charge in [0, 0.05) is 5.56 Å². The number of rotatable bonds is 5. The number of H-pyrrole nitrogens is 1. The molecule has 0 atom stereocenters. The number of anilines is 1. The first-order valence-corrected chi connectivity index (χ1v) is 9.05. The number of aromatic amines is 1. The van der Waals surface area contributed by atoms with Gasteiger partial charge in [0.2, 0.25) is 12.7 Å². The molecule has 2 N–H and O–H groups in total. The number of nitrogens with one attached hydrogen (secondary N) is 2. The van der Waals surface area contributed by atoms with Crippen LogP contribution in [0, 0.1) is 5.82 Å². The quantitative estimate of drug-likeness (QED) is 0.528. The van der Waals surface area contributed by atoms with Gasteiger partial charge in [-0.05, 0) is 42.0 Å². The van der Waals surface area contributed by atoms with E-state index in [1.807, 2.05) is 6.07 Å². The fraction of sp³-hybridized carbons (Fsp3) is 0.100. The van der Waals surface area contributed by atoms with E-state index in [0.29, 0.717) is 23.7 Å². The van der Waals surface area contributed by atoms with Crippen molar-refractivity contribution in [2.24, 2.45) is 0 Å². The van der Waals surface area contributed by atoms with Gasteiger partial charge < -0.3 is 9.47 Å². The molecular formula is C20H15FN6O3. The highest BCUT2D eigenvalue weighted by Crippen LogP contribution is 2.35. The molecule has 150 valence electrons. The van der Waals surface area contributed by atoms with Gasteiger partial charge in [0.25, 0.3) is 5.91 Å². The van der Waals surface area contributed by atoms with Crippen molar-refractivity contribution in [3.8, 4) is 22.8 Å². The third kappa shape index (κ3) is 3.58. The minimum atomic E-state index is -0.432. The minimum absolute atomic E-state index is 0.135. The summed E-state index contributed by atoms with van der Waals surface area (Å²) in [5, 5.41) is 13.7. The van der Waals surface area contributed by atoms with Gasteiger partial charge in [-0.25, -0.2) is 14.1 Å². The smallest absolute Gasteiger partial charge is 0.276 e. The second-order valence-corrected chi connectivity index (χ2v) is 6.58. The Bertz CT molecular complexity index is 1230. The number of aromatic nitrogens is 5. The average molecular weight is 406 g/mol. The standard InChI is InChI=1S/C20H15FN6O3/c21-14-3-1-2-12(6-14)9-27-10-22-20(26-27)23-19(28)16-8-15(24-25-16)13-4-5-17-18(7-13)30-11-29-17/h1-8,10H,9,11H2,(H,24,25)(H,23,26,28). The van der Waals surface area contributed by atoms with Crippen molar-refractivity contribution in [3.63, 3.8) is 0 Å². The summed E-state index contributed by atoms with van der Waals surface area (Å²) >= 11 is 0. The highest BCUT2D eigenvalue weighted by Gasteiger charge is 2.17. The number of carbonyl (C=O) groups excluding carboxylic acids is 1. The Balaban J connectivity index is 1.27. The Labute approximate surface area is 169 Å². The molecule has 2 aromatic heterocycles. The average Bonchev–Trinajstić information content (AvgIpc) is 3.48. The number of hydrogen-bond acceptors (Lipinski definition) is 6. The monoisotopic (exact) mass is 406 g/mol. The van der Waals surface area contributed by atoms with Gasteiger partial charge in [0.05, 0.1) is 12.2 Å². The number of halogens is 1. The maximum Gasteiger partial charge on any atom is 0.276 e. The van der Waals surface area contributed by atoms with Crippen molar-refractivity contribution in [1.29, 1.82) is 0 Å².